The minimum absolute atomic E-state index is 0.00431. The highest BCUT2D eigenvalue weighted by Gasteiger charge is 2.55. The maximum absolute atomic E-state index is 13.5. The average molecular weight is 555 g/mol. The maximum atomic E-state index is 13.5. The fourth-order valence-corrected chi connectivity index (χ4v) is 4.73. The molecule has 1 aliphatic rings. The number of hydrogen-bond donors (Lipinski definition) is 1. The Balaban J connectivity index is 1.82. The van der Waals surface area contributed by atoms with Gasteiger partial charge < -0.3 is 19.3 Å². The van der Waals surface area contributed by atoms with Crippen LogP contribution in [0.4, 0.5) is 5.69 Å². The standard InChI is InChI=1S/C27H24Cl2N4O5/c1-36-26(35)27(16-18-5-2-3-6-23(18)32-33-30)24(21-12-9-19(28)15-22(21)29)38-25(31-27)17-7-10-20(11-8-17)37-14-4-13-34/h2-3,5-12,15,24,34H,4,13-14,16H2,1H3/t24-,27-/m1/s1. The largest absolute Gasteiger partial charge is 0.494 e. The van der Waals surface area contributed by atoms with E-state index in [0.717, 1.165) is 0 Å². The van der Waals surface area contributed by atoms with E-state index in [4.69, 9.17) is 53.0 Å². The fourth-order valence-electron chi connectivity index (χ4n) is 4.22. The highest BCUT2D eigenvalue weighted by atomic mass is 35.5. The number of hydrogen-bond acceptors (Lipinski definition) is 7. The minimum Gasteiger partial charge on any atom is -0.494 e. The SMILES string of the molecule is COC(=O)[C@]1(Cc2ccccc2N=[N+]=[N-])N=C(c2ccc(OCCCO)cc2)O[C@@H]1c1ccc(Cl)cc1Cl. The lowest BCUT2D eigenvalue weighted by Gasteiger charge is -2.30. The molecule has 0 aliphatic carbocycles. The molecule has 0 amide bonds. The van der Waals surface area contributed by atoms with Crippen molar-refractivity contribution in [2.24, 2.45) is 10.1 Å². The highest BCUT2D eigenvalue weighted by molar-refractivity contribution is 6.35. The van der Waals surface area contributed by atoms with Gasteiger partial charge in [-0.3, -0.25) is 0 Å². The van der Waals surface area contributed by atoms with Crippen molar-refractivity contribution in [2.45, 2.75) is 24.5 Å². The fraction of sp³-hybridized carbons (Fsp3) is 0.259. The van der Waals surface area contributed by atoms with Crippen LogP contribution >= 0.6 is 23.2 Å². The van der Waals surface area contributed by atoms with Gasteiger partial charge in [0.1, 0.15) is 5.75 Å². The molecule has 2 atom stereocenters. The molecule has 1 heterocycles. The second kappa shape index (κ2) is 12.2. The number of halogens is 2. The highest BCUT2D eigenvalue weighted by Crippen LogP contribution is 2.46. The monoisotopic (exact) mass is 554 g/mol. The van der Waals surface area contributed by atoms with E-state index in [9.17, 15) is 4.79 Å². The zero-order chi connectivity index (χ0) is 27.1. The second-order valence-corrected chi connectivity index (χ2v) is 9.29. The number of aliphatic hydroxyl groups excluding tert-OH is 1. The van der Waals surface area contributed by atoms with Crippen LogP contribution in [0.1, 0.15) is 29.2 Å². The summed E-state index contributed by atoms with van der Waals surface area (Å²) < 4.78 is 17.2. The van der Waals surface area contributed by atoms with E-state index >= 15 is 0 Å². The molecule has 38 heavy (non-hydrogen) atoms. The van der Waals surface area contributed by atoms with Crippen LogP contribution < -0.4 is 4.74 Å². The molecule has 0 spiro atoms. The molecule has 196 valence electrons. The Morgan fingerprint density at radius 1 is 1.18 bits per heavy atom. The van der Waals surface area contributed by atoms with Crippen LogP contribution in [-0.2, 0) is 20.7 Å². The van der Waals surface area contributed by atoms with Crippen LogP contribution in [-0.4, -0.2) is 42.8 Å². The van der Waals surface area contributed by atoms with Crippen molar-refractivity contribution in [3.63, 3.8) is 0 Å². The summed E-state index contributed by atoms with van der Waals surface area (Å²) in [5.41, 5.74) is 9.48. The Bertz CT molecular complexity index is 1390. The van der Waals surface area contributed by atoms with Crippen molar-refractivity contribution in [2.75, 3.05) is 20.3 Å². The van der Waals surface area contributed by atoms with Crippen molar-refractivity contribution in [1.82, 2.24) is 0 Å². The van der Waals surface area contributed by atoms with Crippen molar-refractivity contribution in [3.8, 4) is 5.75 Å². The van der Waals surface area contributed by atoms with Gasteiger partial charge in [-0.05, 0) is 47.5 Å². The smallest absolute Gasteiger partial charge is 0.338 e. The van der Waals surface area contributed by atoms with Gasteiger partial charge in [0.15, 0.2) is 6.10 Å². The van der Waals surface area contributed by atoms with Gasteiger partial charge in [-0.15, -0.1) is 0 Å². The minimum atomic E-state index is -1.60. The molecule has 0 bridgehead atoms. The van der Waals surface area contributed by atoms with Crippen LogP contribution in [0.3, 0.4) is 0 Å². The molecule has 0 saturated carbocycles. The molecule has 1 aliphatic heterocycles. The molecule has 0 unspecified atom stereocenters. The molecule has 3 aromatic carbocycles. The first-order valence-electron chi connectivity index (χ1n) is 11.7. The lowest BCUT2D eigenvalue weighted by atomic mass is 9.82. The van der Waals surface area contributed by atoms with Gasteiger partial charge in [-0.25, -0.2) is 9.79 Å². The van der Waals surface area contributed by atoms with Gasteiger partial charge in [-0.2, -0.15) is 0 Å². The van der Waals surface area contributed by atoms with Gasteiger partial charge in [0, 0.05) is 51.2 Å². The van der Waals surface area contributed by atoms with Crippen molar-refractivity contribution in [3.05, 3.63) is 104 Å². The number of nitrogens with zero attached hydrogens (tertiary/aromatic N) is 4. The Kier molecular flexibility index (Phi) is 8.76. The number of esters is 1. The first kappa shape index (κ1) is 27.3. The summed E-state index contributed by atoms with van der Waals surface area (Å²) in [6.45, 7) is 0.413. The molecule has 11 heteroatoms. The number of carbonyl (C=O) groups is 1. The molecule has 1 N–H and O–H groups in total. The lowest BCUT2D eigenvalue weighted by molar-refractivity contribution is -0.149. The number of azide groups is 1. The molecule has 4 rings (SSSR count). The number of aliphatic imine (C=N–C) groups is 1. The molecule has 3 aromatic rings. The molecule has 0 saturated heterocycles. The number of carbonyl (C=O) groups excluding carboxylic acids is 1. The van der Waals surface area contributed by atoms with E-state index in [0.29, 0.717) is 51.2 Å². The molecular weight excluding hydrogens is 531 g/mol. The summed E-state index contributed by atoms with van der Waals surface area (Å²) in [5.74, 6) is 0.165. The Morgan fingerprint density at radius 3 is 2.63 bits per heavy atom. The third-order valence-corrected chi connectivity index (χ3v) is 6.59. The molecule has 0 fully saturated rings. The topological polar surface area (TPSA) is 126 Å². The van der Waals surface area contributed by atoms with Gasteiger partial charge >= 0.3 is 5.97 Å². The van der Waals surface area contributed by atoms with Gasteiger partial charge in [0.2, 0.25) is 11.4 Å². The van der Waals surface area contributed by atoms with Crippen LogP contribution in [0.5, 0.6) is 5.75 Å². The van der Waals surface area contributed by atoms with Crippen molar-refractivity contribution < 1.29 is 24.1 Å². The third-order valence-electron chi connectivity index (χ3n) is 6.02. The predicted octanol–water partition coefficient (Wildman–Crippen LogP) is 6.37. The summed E-state index contributed by atoms with van der Waals surface area (Å²) >= 11 is 12.7. The quantitative estimate of drug-likeness (QED) is 0.102. The third kappa shape index (κ3) is 5.71. The van der Waals surface area contributed by atoms with Crippen LogP contribution in [0, 0.1) is 0 Å². The molecule has 0 aromatic heterocycles. The summed E-state index contributed by atoms with van der Waals surface area (Å²) in [6, 6.07) is 18.8. The Labute approximate surface area is 229 Å². The van der Waals surface area contributed by atoms with Gasteiger partial charge in [0.25, 0.3) is 0 Å². The normalized spacial score (nSPS) is 18.2. The maximum Gasteiger partial charge on any atom is 0.338 e. The number of ether oxygens (including phenoxy) is 3. The Morgan fingerprint density at radius 2 is 1.95 bits per heavy atom. The van der Waals surface area contributed by atoms with Crippen LogP contribution in [0.25, 0.3) is 10.4 Å². The van der Waals surface area contributed by atoms with Gasteiger partial charge in [-0.1, -0.05) is 58.6 Å². The van der Waals surface area contributed by atoms with Crippen LogP contribution in [0.2, 0.25) is 10.0 Å². The van der Waals surface area contributed by atoms with Crippen molar-refractivity contribution in [1.29, 1.82) is 0 Å². The number of benzene rings is 3. The predicted molar refractivity (Wildman–Crippen MR) is 144 cm³/mol. The zero-order valence-corrected chi connectivity index (χ0v) is 21.9. The van der Waals surface area contributed by atoms with E-state index in [1.54, 1.807) is 66.7 Å². The summed E-state index contributed by atoms with van der Waals surface area (Å²) in [5, 5.41) is 13.5. The average Bonchev–Trinajstić information content (AvgIpc) is 3.30. The molecule has 0 radical (unpaired) electrons. The van der Waals surface area contributed by atoms with Crippen molar-refractivity contribution >= 4 is 40.8 Å². The lowest BCUT2D eigenvalue weighted by Crippen LogP contribution is -2.44. The second-order valence-electron chi connectivity index (χ2n) is 8.44. The van der Waals surface area contributed by atoms with E-state index in [2.05, 4.69) is 10.0 Å². The van der Waals surface area contributed by atoms with E-state index in [1.807, 2.05) is 0 Å². The van der Waals surface area contributed by atoms with E-state index in [-0.39, 0.29) is 18.9 Å². The Hall–Kier alpha value is -3.75. The summed E-state index contributed by atoms with van der Waals surface area (Å²) in [7, 11) is 1.27. The van der Waals surface area contributed by atoms with E-state index in [1.165, 1.54) is 7.11 Å². The van der Waals surface area contributed by atoms with Gasteiger partial charge in [0.05, 0.1) is 13.7 Å². The van der Waals surface area contributed by atoms with Crippen LogP contribution in [0.15, 0.2) is 76.8 Å². The number of rotatable bonds is 10. The zero-order valence-electron chi connectivity index (χ0n) is 20.4. The first-order valence-corrected chi connectivity index (χ1v) is 12.4. The first-order chi connectivity index (χ1) is 18.4. The summed E-state index contributed by atoms with van der Waals surface area (Å²) in [6.07, 6.45) is -0.459. The molecule has 9 nitrogen and oxygen atoms in total. The summed E-state index contributed by atoms with van der Waals surface area (Å²) in [4.78, 5) is 21.2. The number of aliphatic hydroxyl groups is 1. The van der Waals surface area contributed by atoms with E-state index < -0.39 is 17.6 Å². The molecular formula is C27H24Cl2N4O5. The number of methoxy groups -OCH3 is 1.